The largest absolute Gasteiger partial charge is 0.323 e. The van der Waals surface area contributed by atoms with Crippen molar-refractivity contribution in [2.24, 2.45) is 18.7 Å². The molecule has 1 unspecified atom stereocenters. The summed E-state index contributed by atoms with van der Waals surface area (Å²) in [5, 5.41) is 4.20. The van der Waals surface area contributed by atoms with E-state index in [0.717, 1.165) is 12.3 Å². The van der Waals surface area contributed by atoms with Crippen molar-refractivity contribution in [1.29, 1.82) is 0 Å². The predicted molar refractivity (Wildman–Crippen MR) is 52.2 cm³/mol. The Labute approximate surface area is 78.9 Å². The third-order valence-corrected chi connectivity index (χ3v) is 2.81. The molecule has 0 saturated heterocycles. The van der Waals surface area contributed by atoms with Crippen LogP contribution in [0.1, 0.15) is 36.6 Å². The summed E-state index contributed by atoms with van der Waals surface area (Å²) in [6.07, 6.45) is 5.75. The van der Waals surface area contributed by atoms with Crippen LogP contribution in [0, 0.1) is 12.8 Å². The summed E-state index contributed by atoms with van der Waals surface area (Å²) in [6, 6.07) is 0.181. The van der Waals surface area contributed by atoms with Crippen molar-refractivity contribution >= 4 is 0 Å². The Kier molecular flexibility index (Phi) is 2.12. The van der Waals surface area contributed by atoms with E-state index in [1.165, 1.54) is 24.1 Å². The summed E-state index contributed by atoms with van der Waals surface area (Å²) in [5.41, 5.74) is 8.54. The standard InChI is InChI=1S/C10H17N3/c1-7-6-12-13(2)10(7)9(11)5-8-3-4-8/h6,8-9H,3-5,11H2,1-2H3. The zero-order valence-corrected chi connectivity index (χ0v) is 8.33. The zero-order valence-electron chi connectivity index (χ0n) is 8.33. The van der Waals surface area contributed by atoms with Crippen LogP contribution >= 0.6 is 0 Å². The molecule has 0 aromatic carbocycles. The molecule has 1 atom stereocenters. The molecule has 2 rings (SSSR count). The molecule has 0 aliphatic heterocycles. The molecule has 1 heterocycles. The van der Waals surface area contributed by atoms with E-state index in [0.29, 0.717) is 0 Å². The normalized spacial score (nSPS) is 19.0. The molecule has 0 bridgehead atoms. The lowest BCUT2D eigenvalue weighted by molar-refractivity contribution is 0.546. The Morgan fingerprint density at radius 3 is 2.85 bits per heavy atom. The Balaban J connectivity index is 2.12. The molecular formula is C10H17N3. The number of hydrogen-bond donors (Lipinski definition) is 1. The highest BCUT2D eigenvalue weighted by atomic mass is 15.3. The van der Waals surface area contributed by atoms with Gasteiger partial charge in [-0.2, -0.15) is 5.10 Å². The first-order chi connectivity index (χ1) is 6.18. The van der Waals surface area contributed by atoms with Crippen molar-refractivity contribution in [2.75, 3.05) is 0 Å². The molecule has 0 spiro atoms. The van der Waals surface area contributed by atoms with Crippen molar-refractivity contribution in [3.8, 4) is 0 Å². The van der Waals surface area contributed by atoms with Gasteiger partial charge in [0.05, 0.1) is 11.9 Å². The first-order valence-electron chi connectivity index (χ1n) is 4.92. The van der Waals surface area contributed by atoms with E-state index in [1.807, 2.05) is 17.9 Å². The maximum atomic E-state index is 6.12. The molecule has 1 fully saturated rings. The number of aryl methyl sites for hydroxylation is 2. The Bertz CT molecular complexity index is 280. The van der Waals surface area contributed by atoms with Crippen molar-refractivity contribution in [3.05, 3.63) is 17.5 Å². The Hall–Kier alpha value is -0.830. The molecule has 1 aromatic heterocycles. The van der Waals surface area contributed by atoms with Gasteiger partial charge in [-0.05, 0) is 24.8 Å². The van der Waals surface area contributed by atoms with Crippen LogP contribution in [0.3, 0.4) is 0 Å². The fraction of sp³-hybridized carbons (Fsp3) is 0.700. The minimum absolute atomic E-state index is 0.181. The van der Waals surface area contributed by atoms with Gasteiger partial charge in [0.15, 0.2) is 0 Å². The van der Waals surface area contributed by atoms with E-state index < -0.39 is 0 Å². The van der Waals surface area contributed by atoms with Crippen molar-refractivity contribution in [1.82, 2.24) is 9.78 Å². The second-order valence-electron chi connectivity index (χ2n) is 4.12. The monoisotopic (exact) mass is 179 g/mol. The van der Waals surface area contributed by atoms with E-state index in [1.54, 1.807) is 0 Å². The highest BCUT2D eigenvalue weighted by Gasteiger charge is 2.26. The van der Waals surface area contributed by atoms with Gasteiger partial charge in [-0.3, -0.25) is 4.68 Å². The van der Waals surface area contributed by atoms with Crippen LogP contribution < -0.4 is 5.73 Å². The summed E-state index contributed by atoms with van der Waals surface area (Å²) in [6.45, 7) is 2.08. The van der Waals surface area contributed by atoms with E-state index in [-0.39, 0.29) is 6.04 Å². The van der Waals surface area contributed by atoms with Crippen LogP contribution in [-0.4, -0.2) is 9.78 Å². The number of nitrogens with zero attached hydrogens (tertiary/aromatic N) is 2. The summed E-state index contributed by atoms with van der Waals surface area (Å²) in [5.74, 6) is 0.879. The van der Waals surface area contributed by atoms with E-state index in [4.69, 9.17) is 5.73 Å². The number of aromatic nitrogens is 2. The lowest BCUT2D eigenvalue weighted by Crippen LogP contribution is -2.16. The molecule has 1 aliphatic rings. The SMILES string of the molecule is Cc1cnn(C)c1C(N)CC1CC1. The smallest absolute Gasteiger partial charge is 0.0577 e. The first kappa shape index (κ1) is 8.75. The lowest BCUT2D eigenvalue weighted by Gasteiger charge is -2.12. The van der Waals surface area contributed by atoms with Crippen LogP contribution in [0.2, 0.25) is 0 Å². The van der Waals surface area contributed by atoms with Crippen LogP contribution in [0.15, 0.2) is 6.20 Å². The van der Waals surface area contributed by atoms with Gasteiger partial charge >= 0.3 is 0 Å². The van der Waals surface area contributed by atoms with Gasteiger partial charge in [-0.25, -0.2) is 0 Å². The van der Waals surface area contributed by atoms with Gasteiger partial charge in [0.2, 0.25) is 0 Å². The average Bonchev–Trinajstić information content (AvgIpc) is 2.79. The van der Waals surface area contributed by atoms with E-state index in [9.17, 15) is 0 Å². The maximum absolute atomic E-state index is 6.12. The molecule has 72 valence electrons. The summed E-state index contributed by atoms with van der Waals surface area (Å²) < 4.78 is 1.91. The van der Waals surface area contributed by atoms with Crippen LogP contribution in [0.25, 0.3) is 0 Å². The first-order valence-corrected chi connectivity index (χ1v) is 4.92. The molecule has 0 radical (unpaired) electrons. The fourth-order valence-corrected chi connectivity index (χ4v) is 1.91. The highest BCUT2D eigenvalue weighted by Crippen LogP contribution is 2.37. The minimum Gasteiger partial charge on any atom is -0.323 e. The maximum Gasteiger partial charge on any atom is 0.0577 e. The summed E-state index contributed by atoms with van der Waals surface area (Å²) in [7, 11) is 1.97. The quantitative estimate of drug-likeness (QED) is 0.764. The molecule has 1 aliphatic carbocycles. The van der Waals surface area contributed by atoms with Crippen molar-refractivity contribution in [3.63, 3.8) is 0 Å². The predicted octanol–water partition coefficient (Wildman–Crippen LogP) is 1.53. The molecule has 2 N–H and O–H groups in total. The van der Waals surface area contributed by atoms with E-state index >= 15 is 0 Å². The van der Waals surface area contributed by atoms with Gasteiger partial charge < -0.3 is 5.73 Å². The zero-order chi connectivity index (χ0) is 9.42. The van der Waals surface area contributed by atoms with Crippen molar-refractivity contribution in [2.45, 2.75) is 32.2 Å². The Morgan fingerprint density at radius 1 is 1.69 bits per heavy atom. The van der Waals surface area contributed by atoms with Gasteiger partial charge in [0.25, 0.3) is 0 Å². The van der Waals surface area contributed by atoms with Crippen LogP contribution in [-0.2, 0) is 7.05 Å². The minimum atomic E-state index is 0.181. The van der Waals surface area contributed by atoms with E-state index in [2.05, 4.69) is 12.0 Å². The highest BCUT2D eigenvalue weighted by molar-refractivity contribution is 5.19. The number of nitrogens with two attached hydrogens (primary N) is 1. The van der Waals surface area contributed by atoms with Gasteiger partial charge in [0.1, 0.15) is 0 Å². The third-order valence-electron chi connectivity index (χ3n) is 2.81. The average molecular weight is 179 g/mol. The molecule has 3 heteroatoms. The van der Waals surface area contributed by atoms with Gasteiger partial charge in [-0.15, -0.1) is 0 Å². The fourth-order valence-electron chi connectivity index (χ4n) is 1.91. The van der Waals surface area contributed by atoms with Crippen LogP contribution in [0.5, 0.6) is 0 Å². The summed E-state index contributed by atoms with van der Waals surface area (Å²) >= 11 is 0. The topological polar surface area (TPSA) is 43.8 Å². The molecular weight excluding hydrogens is 162 g/mol. The molecule has 13 heavy (non-hydrogen) atoms. The molecule has 3 nitrogen and oxygen atoms in total. The number of hydrogen-bond acceptors (Lipinski definition) is 2. The molecule has 0 amide bonds. The second-order valence-corrected chi connectivity index (χ2v) is 4.12. The van der Waals surface area contributed by atoms with Gasteiger partial charge in [-0.1, -0.05) is 12.8 Å². The Morgan fingerprint density at radius 2 is 2.38 bits per heavy atom. The van der Waals surface area contributed by atoms with Gasteiger partial charge in [0, 0.05) is 13.1 Å². The number of rotatable bonds is 3. The third kappa shape index (κ3) is 1.75. The molecule has 1 saturated carbocycles. The van der Waals surface area contributed by atoms with Crippen molar-refractivity contribution < 1.29 is 0 Å². The summed E-state index contributed by atoms with van der Waals surface area (Å²) in [4.78, 5) is 0. The lowest BCUT2D eigenvalue weighted by atomic mass is 10.1. The second kappa shape index (κ2) is 3.14. The molecule has 1 aromatic rings. The van der Waals surface area contributed by atoms with Crippen LogP contribution in [0.4, 0.5) is 0 Å².